The second-order valence-corrected chi connectivity index (χ2v) is 9.10. The number of hydrogen-bond donors (Lipinski definition) is 2. The highest BCUT2D eigenvalue weighted by Crippen LogP contribution is 2.38. The number of methoxy groups -OCH3 is 1. The zero-order chi connectivity index (χ0) is 25.3. The first kappa shape index (κ1) is 24.1. The molecule has 3 aromatic rings. The van der Waals surface area contributed by atoms with E-state index in [4.69, 9.17) is 4.74 Å². The molecule has 0 saturated heterocycles. The fourth-order valence-electron chi connectivity index (χ4n) is 5.07. The zero-order valence-electron chi connectivity index (χ0n) is 19.8. The fraction of sp³-hybridized carbons (Fsp3) is 0.333. The number of aromatic nitrogens is 1. The maximum atomic E-state index is 12.8. The topological polar surface area (TPSA) is 67.7 Å². The maximum Gasteiger partial charge on any atom is 0.416 e. The van der Waals surface area contributed by atoms with Gasteiger partial charge in [-0.15, -0.1) is 0 Å². The van der Waals surface area contributed by atoms with Gasteiger partial charge in [0, 0.05) is 29.7 Å². The molecule has 2 N–H and O–H groups in total. The Hall–Kier alpha value is -3.59. The molecule has 2 aliphatic heterocycles. The predicted octanol–water partition coefficient (Wildman–Crippen LogP) is 5.90. The number of anilines is 1. The van der Waals surface area contributed by atoms with Gasteiger partial charge in [-0.1, -0.05) is 24.6 Å². The van der Waals surface area contributed by atoms with Crippen molar-refractivity contribution in [2.24, 2.45) is 5.10 Å². The van der Waals surface area contributed by atoms with Gasteiger partial charge >= 0.3 is 12.1 Å². The highest BCUT2D eigenvalue weighted by molar-refractivity contribution is 5.98. The van der Waals surface area contributed by atoms with Crippen LogP contribution in [0.3, 0.4) is 0 Å². The minimum Gasteiger partial charge on any atom is -0.468 e. The van der Waals surface area contributed by atoms with E-state index in [0.717, 1.165) is 59.3 Å². The molecule has 9 heteroatoms. The first-order chi connectivity index (χ1) is 17.3. The summed E-state index contributed by atoms with van der Waals surface area (Å²) >= 11 is 0. The Kier molecular flexibility index (Phi) is 6.57. The van der Waals surface area contributed by atoms with Crippen LogP contribution in [0.2, 0.25) is 0 Å². The number of allylic oxidation sites excluding steroid dienone is 1. The van der Waals surface area contributed by atoms with Crippen molar-refractivity contribution in [1.82, 2.24) is 9.88 Å². The zero-order valence-corrected chi connectivity index (χ0v) is 19.8. The number of carbonyl (C=O) groups excluding carboxylic acids is 1. The second kappa shape index (κ2) is 9.81. The van der Waals surface area contributed by atoms with Crippen molar-refractivity contribution in [3.63, 3.8) is 0 Å². The Labute approximate surface area is 206 Å². The maximum absolute atomic E-state index is 12.8. The van der Waals surface area contributed by atoms with Crippen LogP contribution in [0.25, 0.3) is 17.1 Å². The summed E-state index contributed by atoms with van der Waals surface area (Å²) in [5, 5.41) is 9.10. The Morgan fingerprint density at radius 2 is 1.92 bits per heavy atom. The number of fused-ring (bicyclic) bond motifs is 3. The van der Waals surface area contributed by atoms with E-state index in [9.17, 15) is 18.0 Å². The molecule has 36 heavy (non-hydrogen) atoms. The van der Waals surface area contributed by atoms with Crippen LogP contribution >= 0.6 is 0 Å². The summed E-state index contributed by atoms with van der Waals surface area (Å²) in [6, 6.07) is 12.6. The van der Waals surface area contributed by atoms with Crippen molar-refractivity contribution in [1.29, 1.82) is 0 Å². The number of rotatable bonds is 3. The monoisotopic (exact) mass is 496 g/mol. The van der Waals surface area contributed by atoms with E-state index < -0.39 is 11.7 Å². The van der Waals surface area contributed by atoms with Gasteiger partial charge in [-0.3, -0.25) is 15.5 Å². The number of nitrogens with zero attached hydrogens (tertiary/aromatic N) is 2. The summed E-state index contributed by atoms with van der Waals surface area (Å²) in [5.41, 5.74) is 6.83. The van der Waals surface area contributed by atoms with Crippen molar-refractivity contribution >= 4 is 34.5 Å². The second-order valence-electron chi connectivity index (χ2n) is 9.10. The molecule has 2 aliphatic rings. The lowest BCUT2D eigenvalue weighted by atomic mass is 9.91. The van der Waals surface area contributed by atoms with Gasteiger partial charge in [0.15, 0.2) is 0 Å². The van der Waals surface area contributed by atoms with Crippen molar-refractivity contribution in [3.8, 4) is 0 Å². The average Bonchev–Trinajstić information content (AvgIpc) is 3.20. The van der Waals surface area contributed by atoms with Crippen LogP contribution in [0.15, 0.2) is 59.7 Å². The highest BCUT2D eigenvalue weighted by Gasteiger charge is 2.35. The molecule has 3 heterocycles. The minimum absolute atomic E-state index is 0.0126. The third-order valence-corrected chi connectivity index (χ3v) is 6.82. The summed E-state index contributed by atoms with van der Waals surface area (Å²) in [6.07, 6.45) is 3.48. The van der Waals surface area contributed by atoms with Crippen molar-refractivity contribution in [2.75, 3.05) is 12.5 Å². The fourth-order valence-corrected chi connectivity index (χ4v) is 5.07. The number of benzene rings is 2. The number of hydrazone groups is 1. The molecular formula is C27H27F3N4O2. The Balaban J connectivity index is 1.48. The molecule has 6 nitrogen and oxygen atoms in total. The molecule has 0 amide bonds. The van der Waals surface area contributed by atoms with Crippen LogP contribution in [0.5, 0.6) is 0 Å². The Morgan fingerprint density at radius 3 is 2.67 bits per heavy atom. The number of para-hydroxylation sites is 1. The van der Waals surface area contributed by atoms with E-state index in [0.29, 0.717) is 18.5 Å². The lowest BCUT2D eigenvalue weighted by molar-refractivity contribution is -0.143. The summed E-state index contributed by atoms with van der Waals surface area (Å²) in [5.74, 6) is -0.256. The van der Waals surface area contributed by atoms with E-state index in [-0.39, 0.29) is 18.1 Å². The van der Waals surface area contributed by atoms with Crippen LogP contribution in [0.1, 0.15) is 48.5 Å². The first-order valence-corrected chi connectivity index (χ1v) is 12.0. The van der Waals surface area contributed by atoms with Gasteiger partial charge in [0.25, 0.3) is 0 Å². The Morgan fingerprint density at radius 1 is 1.14 bits per heavy atom. The van der Waals surface area contributed by atoms with Gasteiger partial charge in [-0.2, -0.15) is 18.3 Å². The van der Waals surface area contributed by atoms with E-state index in [1.807, 2.05) is 24.4 Å². The van der Waals surface area contributed by atoms with E-state index in [1.165, 1.54) is 19.2 Å². The van der Waals surface area contributed by atoms with Crippen molar-refractivity contribution < 1.29 is 22.7 Å². The normalized spacial score (nSPS) is 22.2. The number of esters is 1. The molecular weight excluding hydrogens is 469 g/mol. The van der Waals surface area contributed by atoms with Crippen LogP contribution in [0.4, 0.5) is 18.9 Å². The highest BCUT2D eigenvalue weighted by atomic mass is 19.4. The largest absolute Gasteiger partial charge is 0.468 e. The van der Waals surface area contributed by atoms with Crippen LogP contribution < -0.4 is 10.7 Å². The molecule has 0 radical (unpaired) electrons. The van der Waals surface area contributed by atoms with Gasteiger partial charge in [0.05, 0.1) is 29.6 Å². The number of ether oxygens (including phenoxy) is 1. The molecule has 5 rings (SSSR count). The number of alkyl halides is 3. The van der Waals surface area contributed by atoms with Crippen molar-refractivity contribution in [2.45, 2.75) is 50.4 Å². The summed E-state index contributed by atoms with van der Waals surface area (Å²) in [6.45, 7) is 0. The molecule has 0 aliphatic carbocycles. The molecule has 0 fully saturated rings. The molecule has 0 spiro atoms. The number of nitrogens with one attached hydrogen (secondary N) is 2. The number of hydrogen-bond acceptors (Lipinski definition) is 5. The molecule has 2 aromatic carbocycles. The van der Waals surface area contributed by atoms with Crippen LogP contribution in [0, 0.1) is 0 Å². The van der Waals surface area contributed by atoms with Crippen LogP contribution in [-0.4, -0.2) is 29.4 Å². The lowest BCUT2D eigenvalue weighted by Crippen LogP contribution is -2.45. The van der Waals surface area contributed by atoms with E-state index in [1.54, 1.807) is 0 Å². The van der Waals surface area contributed by atoms with E-state index in [2.05, 4.69) is 32.5 Å². The Bertz CT molecular complexity index is 1330. The minimum atomic E-state index is -4.37. The summed E-state index contributed by atoms with van der Waals surface area (Å²) in [4.78, 5) is 12.4. The van der Waals surface area contributed by atoms with Gasteiger partial charge in [0.2, 0.25) is 0 Å². The number of carbonyl (C=O) groups is 1. The predicted molar refractivity (Wildman–Crippen MR) is 134 cm³/mol. The third-order valence-electron chi connectivity index (χ3n) is 6.82. The smallest absolute Gasteiger partial charge is 0.416 e. The molecule has 0 bridgehead atoms. The van der Waals surface area contributed by atoms with E-state index >= 15 is 0 Å². The van der Waals surface area contributed by atoms with Gasteiger partial charge < -0.3 is 9.30 Å². The average molecular weight is 497 g/mol. The summed E-state index contributed by atoms with van der Waals surface area (Å²) < 4.78 is 45.7. The summed E-state index contributed by atoms with van der Waals surface area (Å²) in [7, 11) is 1.42. The standard InChI is InChI=1S/C27H27F3N4O2/c1-36-26(35)23-16-21-20-7-3-5-9-24(20)34-15-14-18(6-2-4-8-22(31-23)25(21)34)32-33-19-12-10-17(11-13-19)27(28,29)30/h3,5,7,9-15,22-23,31,33H,2,4,6,8,16H2,1H3/b15-14-,32-18-/t22-,23+/m0/s1. The molecule has 2 atom stereocenters. The van der Waals surface area contributed by atoms with Crippen LogP contribution in [-0.2, 0) is 22.1 Å². The molecule has 188 valence electrons. The molecule has 0 unspecified atom stereocenters. The lowest BCUT2D eigenvalue weighted by Gasteiger charge is -2.31. The molecule has 0 saturated carbocycles. The third kappa shape index (κ3) is 4.75. The first-order valence-electron chi connectivity index (χ1n) is 12.0. The van der Waals surface area contributed by atoms with Gasteiger partial charge in [-0.05, 0) is 61.2 Å². The van der Waals surface area contributed by atoms with Gasteiger partial charge in [0.1, 0.15) is 6.04 Å². The van der Waals surface area contributed by atoms with Crippen molar-refractivity contribution in [3.05, 3.63) is 71.4 Å². The quantitative estimate of drug-likeness (QED) is 0.350. The van der Waals surface area contributed by atoms with Gasteiger partial charge in [-0.25, -0.2) is 0 Å². The molecule has 1 aromatic heterocycles. The number of halogens is 3. The SMILES string of the molecule is COC(=O)[C@H]1Cc2c3n(c4ccccc24)/C=C\C(=N/Nc2ccc(C(F)(F)F)cc2)CCCC[C@@H]3N1.